The molecule has 0 atom stereocenters. The maximum absolute atomic E-state index is 12.3. The predicted molar refractivity (Wildman–Crippen MR) is 112 cm³/mol. The number of anilines is 1. The van der Waals surface area contributed by atoms with Gasteiger partial charge < -0.3 is 10.6 Å². The SMILES string of the molecule is CC(C)NC(=O)c1ccc(Cl)c(NC(=O)CCc2ccc(C(C)C)cc2)c1. The lowest BCUT2D eigenvalue weighted by Gasteiger charge is -2.12. The highest BCUT2D eigenvalue weighted by Crippen LogP contribution is 2.23. The van der Waals surface area contributed by atoms with Crippen molar-refractivity contribution in [1.29, 1.82) is 0 Å². The Morgan fingerprint density at radius 3 is 2.26 bits per heavy atom. The smallest absolute Gasteiger partial charge is 0.251 e. The molecule has 2 aromatic rings. The fourth-order valence-corrected chi connectivity index (χ4v) is 2.81. The minimum atomic E-state index is -0.192. The quantitative estimate of drug-likeness (QED) is 0.689. The van der Waals surface area contributed by atoms with Crippen molar-refractivity contribution in [1.82, 2.24) is 5.32 Å². The molecule has 0 aliphatic heterocycles. The second-order valence-electron chi connectivity index (χ2n) is 7.27. The van der Waals surface area contributed by atoms with Gasteiger partial charge in [0.2, 0.25) is 5.91 Å². The predicted octanol–water partition coefficient (Wildman–Crippen LogP) is 5.17. The van der Waals surface area contributed by atoms with Gasteiger partial charge in [-0.1, -0.05) is 49.7 Å². The van der Waals surface area contributed by atoms with Crippen LogP contribution in [0.1, 0.15) is 61.5 Å². The monoisotopic (exact) mass is 386 g/mol. The van der Waals surface area contributed by atoms with Crippen LogP contribution in [0.5, 0.6) is 0 Å². The van der Waals surface area contributed by atoms with E-state index in [1.165, 1.54) is 5.56 Å². The Labute approximate surface area is 166 Å². The van der Waals surface area contributed by atoms with Crippen molar-refractivity contribution in [2.24, 2.45) is 0 Å². The molecule has 0 saturated carbocycles. The maximum atomic E-state index is 12.3. The molecule has 0 spiro atoms. The molecule has 0 fully saturated rings. The van der Waals surface area contributed by atoms with Gasteiger partial charge in [0.15, 0.2) is 0 Å². The minimum Gasteiger partial charge on any atom is -0.350 e. The van der Waals surface area contributed by atoms with E-state index in [4.69, 9.17) is 11.6 Å². The van der Waals surface area contributed by atoms with E-state index < -0.39 is 0 Å². The third kappa shape index (κ3) is 6.40. The van der Waals surface area contributed by atoms with Gasteiger partial charge in [-0.25, -0.2) is 0 Å². The first kappa shape index (κ1) is 21.0. The van der Waals surface area contributed by atoms with Crippen LogP contribution < -0.4 is 10.6 Å². The third-order valence-corrected chi connectivity index (χ3v) is 4.54. The molecule has 0 radical (unpaired) electrons. The van der Waals surface area contributed by atoms with E-state index in [1.54, 1.807) is 18.2 Å². The standard InChI is InChI=1S/C22H27ClN2O2/c1-14(2)17-8-5-16(6-9-17)7-12-21(26)25-20-13-18(10-11-19(20)23)22(27)24-15(3)4/h5-6,8-11,13-15H,7,12H2,1-4H3,(H,24,27)(H,25,26). The van der Waals surface area contributed by atoms with Gasteiger partial charge in [0.1, 0.15) is 0 Å². The molecule has 4 nitrogen and oxygen atoms in total. The highest BCUT2D eigenvalue weighted by atomic mass is 35.5. The lowest BCUT2D eigenvalue weighted by atomic mass is 10.0. The molecule has 0 unspecified atom stereocenters. The summed E-state index contributed by atoms with van der Waals surface area (Å²) in [5.41, 5.74) is 3.32. The molecule has 2 aromatic carbocycles. The second kappa shape index (κ2) is 9.56. The van der Waals surface area contributed by atoms with E-state index in [9.17, 15) is 9.59 Å². The molecule has 0 bridgehead atoms. The second-order valence-corrected chi connectivity index (χ2v) is 7.67. The fraction of sp³-hybridized carbons (Fsp3) is 0.364. The van der Waals surface area contributed by atoms with Crippen molar-refractivity contribution in [2.75, 3.05) is 5.32 Å². The molecule has 27 heavy (non-hydrogen) atoms. The van der Waals surface area contributed by atoms with E-state index in [0.29, 0.717) is 35.0 Å². The highest BCUT2D eigenvalue weighted by Gasteiger charge is 2.12. The van der Waals surface area contributed by atoms with Crippen LogP contribution in [-0.2, 0) is 11.2 Å². The molecule has 0 aliphatic carbocycles. The summed E-state index contributed by atoms with van der Waals surface area (Å²) in [6.45, 7) is 8.10. The summed E-state index contributed by atoms with van der Waals surface area (Å²) in [5.74, 6) is 0.165. The fourth-order valence-electron chi connectivity index (χ4n) is 2.65. The summed E-state index contributed by atoms with van der Waals surface area (Å²) in [7, 11) is 0. The molecule has 2 N–H and O–H groups in total. The van der Waals surface area contributed by atoms with Crippen LogP contribution in [0.3, 0.4) is 0 Å². The maximum Gasteiger partial charge on any atom is 0.251 e. The number of rotatable bonds is 7. The van der Waals surface area contributed by atoms with Crippen LogP contribution in [0.2, 0.25) is 5.02 Å². The van der Waals surface area contributed by atoms with Gasteiger partial charge in [-0.05, 0) is 55.5 Å². The number of nitrogens with one attached hydrogen (secondary N) is 2. The van der Waals surface area contributed by atoms with Crippen LogP contribution in [0.15, 0.2) is 42.5 Å². The number of amides is 2. The Morgan fingerprint density at radius 2 is 1.67 bits per heavy atom. The summed E-state index contributed by atoms with van der Waals surface area (Å²) in [4.78, 5) is 24.4. The first-order chi connectivity index (χ1) is 12.8. The molecule has 0 aromatic heterocycles. The molecule has 0 saturated heterocycles. The number of hydrogen-bond donors (Lipinski definition) is 2. The number of aryl methyl sites for hydroxylation is 1. The Hall–Kier alpha value is -2.33. The van der Waals surface area contributed by atoms with Crippen LogP contribution in [0.25, 0.3) is 0 Å². The van der Waals surface area contributed by atoms with Crippen molar-refractivity contribution in [2.45, 2.75) is 52.5 Å². The Bertz CT molecular complexity index is 798. The Kier molecular flexibility index (Phi) is 7.43. The van der Waals surface area contributed by atoms with Crippen molar-refractivity contribution in [3.05, 3.63) is 64.2 Å². The van der Waals surface area contributed by atoms with E-state index >= 15 is 0 Å². The van der Waals surface area contributed by atoms with E-state index in [0.717, 1.165) is 5.56 Å². The first-order valence-electron chi connectivity index (χ1n) is 9.25. The first-order valence-corrected chi connectivity index (χ1v) is 9.63. The zero-order valence-electron chi connectivity index (χ0n) is 16.3. The van der Waals surface area contributed by atoms with Crippen LogP contribution in [-0.4, -0.2) is 17.9 Å². The number of carbonyl (C=O) groups is 2. The van der Waals surface area contributed by atoms with E-state index in [2.05, 4.69) is 48.7 Å². The van der Waals surface area contributed by atoms with Crippen molar-refractivity contribution >= 4 is 29.1 Å². The average molecular weight is 387 g/mol. The van der Waals surface area contributed by atoms with Crippen LogP contribution in [0.4, 0.5) is 5.69 Å². The van der Waals surface area contributed by atoms with Gasteiger partial charge in [-0.15, -0.1) is 0 Å². The average Bonchev–Trinajstić information content (AvgIpc) is 2.61. The minimum absolute atomic E-state index is 0.0355. The molecule has 144 valence electrons. The lowest BCUT2D eigenvalue weighted by Crippen LogP contribution is -2.30. The lowest BCUT2D eigenvalue weighted by molar-refractivity contribution is -0.116. The summed E-state index contributed by atoms with van der Waals surface area (Å²) in [6.07, 6.45) is 0.995. The number of benzene rings is 2. The molecule has 5 heteroatoms. The van der Waals surface area contributed by atoms with Crippen LogP contribution >= 0.6 is 11.6 Å². The number of carbonyl (C=O) groups excluding carboxylic acids is 2. The molecule has 2 amide bonds. The normalized spacial score (nSPS) is 10.9. The van der Waals surface area contributed by atoms with Crippen LogP contribution in [0, 0.1) is 0 Å². The number of halogens is 1. The van der Waals surface area contributed by atoms with Crippen molar-refractivity contribution in [3.63, 3.8) is 0 Å². The Balaban J connectivity index is 1.97. The van der Waals surface area contributed by atoms with Gasteiger partial charge in [-0.2, -0.15) is 0 Å². The van der Waals surface area contributed by atoms with Crippen molar-refractivity contribution < 1.29 is 9.59 Å². The largest absolute Gasteiger partial charge is 0.350 e. The summed E-state index contributed by atoms with van der Waals surface area (Å²) >= 11 is 6.17. The summed E-state index contributed by atoms with van der Waals surface area (Å²) in [6, 6.07) is 13.2. The van der Waals surface area contributed by atoms with Gasteiger partial charge in [-0.3, -0.25) is 9.59 Å². The van der Waals surface area contributed by atoms with E-state index in [-0.39, 0.29) is 17.9 Å². The molecular formula is C22H27ClN2O2. The number of hydrogen-bond acceptors (Lipinski definition) is 2. The van der Waals surface area contributed by atoms with Gasteiger partial charge in [0.05, 0.1) is 10.7 Å². The van der Waals surface area contributed by atoms with Gasteiger partial charge in [0.25, 0.3) is 5.91 Å². The Morgan fingerprint density at radius 1 is 1.00 bits per heavy atom. The molecule has 2 rings (SSSR count). The summed E-state index contributed by atoms with van der Waals surface area (Å²) < 4.78 is 0. The van der Waals surface area contributed by atoms with Gasteiger partial charge in [0, 0.05) is 18.0 Å². The zero-order valence-corrected chi connectivity index (χ0v) is 17.1. The van der Waals surface area contributed by atoms with E-state index in [1.807, 2.05) is 13.8 Å². The molecule has 0 heterocycles. The topological polar surface area (TPSA) is 58.2 Å². The molecule has 0 aliphatic rings. The highest BCUT2D eigenvalue weighted by molar-refractivity contribution is 6.33. The summed E-state index contributed by atoms with van der Waals surface area (Å²) in [5, 5.41) is 6.04. The zero-order chi connectivity index (χ0) is 20.0. The molecular weight excluding hydrogens is 360 g/mol. The van der Waals surface area contributed by atoms with Gasteiger partial charge >= 0.3 is 0 Å². The van der Waals surface area contributed by atoms with Crippen molar-refractivity contribution in [3.8, 4) is 0 Å². The third-order valence-electron chi connectivity index (χ3n) is 4.21.